The van der Waals surface area contributed by atoms with Gasteiger partial charge in [-0.3, -0.25) is 4.79 Å². The molecule has 1 heterocycles. The second-order valence-electron chi connectivity index (χ2n) is 4.73. The normalized spacial score (nSPS) is 14.4. The van der Waals surface area contributed by atoms with Crippen LogP contribution in [-0.2, 0) is 7.05 Å². The summed E-state index contributed by atoms with van der Waals surface area (Å²) in [6.07, 6.45) is 3.35. The fraction of sp³-hybridized carbons (Fsp3) is 0.583. The first-order chi connectivity index (χ1) is 9.09. The van der Waals surface area contributed by atoms with Gasteiger partial charge in [-0.2, -0.15) is 0 Å². The van der Waals surface area contributed by atoms with Crippen LogP contribution in [0.25, 0.3) is 0 Å². The quantitative estimate of drug-likeness (QED) is 0.434. The zero-order valence-corrected chi connectivity index (χ0v) is 10.9. The Bertz CT molecular complexity index is 479. The topological polar surface area (TPSA) is 89.2 Å². The third-order valence-electron chi connectivity index (χ3n) is 3.16. The second kappa shape index (κ2) is 5.83. The van der Waals surface area contributed by atoms with Crippen molar-refractivity contribution >= 4 is 11.7 Å². The Balaban J connectivity index is 1.77. The summed E-state index contributed by atoms with van der Waals surface area (Å²) >= 11 is 0. The molecule has 0 atom stereocenters. The van der Waals surface area contributed by atoms with Crippen molar-refractivity contribution in [3.63, 3.8) is 0 Å². The molecule has 2 N–H and O–H groups in total. The molecule has 0 bridgehead atoms. The molecule has 19 heavy (non-hydrogen) atoms. The Morgan fingerprint density at radius 1 is 1.47 bits per heavy atom. The molecule has 1 aliphatic carbocycles. The van der Waals surface area contributed by atoms with Gasteiger partial charge in [0.15, 0.2) is 5.69 Å². The van der Waals surface area contributed by atoms with Crippen molar-refractivity contribution in [3.05, 3.63) is 27.9 Å². The van der Waals surface area contributed by atoms with Gasteiger partial charge in [-0.15, -0.1) is 0 Å². The van der Waals surface area contributed by atoms with E-state index in [0.717, 1.165) is 13.0 Å². The van der Waals surface area contributed by atoms with Crippen LogP contribution in [0.4, 0.5) is 5.82 Å². The average molecular weight is 266 g/mol. The summed E-state index contributed by atoms with van der Waals surface area (Å²) in [6.45, 7) is 1.45. The monoisotopic (exact) mass is 266 g/mol. The van der Waals surface area contributed by atoms with Crippen molar-refractivity contribution in [1.82, 2.24) is 15.2 Å². The van der Waals surface area contributed by atoms with Crippen molar-refractivity contribution in [3.8, 4) is 0 Å². The van der Waals surface area contributed by atoms with E-state index in [0.29, 0.717) is 18.3 Å². The Labute approximate surface area is 111 Å². The summed E-state index contributed by atoms with van der Waals surface area (Å²) in [6, 6.07) is 3.48. The number of amides is 1. The van der Waals surface area contributed by atoms with Crippen LogP contribution in [0.5, 0.6) is 0 Å². The first-order valence-electron chi connectivity index (χ1n) is 6.41. The van der Waals surface area contributed by atoms with Crippen LogP contribution in [0.1, 0.15) is 29.8 Å². The first-order valence-corrected chi connectivity index (χ1v) is 6.41. The highest BCUT2D eigenvalue weighted by molar-refractivity contribution is 5.93. The summed E-state index contributed by atoms with van der Waals surface area (Å²) in [4.78, 5) is 22.0. The highest BCUT2D eigenvalue weighted by Crippen LogP contribution is 2.18. The molecule has 0 aliphatic heterocycles. The van der Waals surface area contributed by atoms with Crippen molar-refractivity contribution < 1.29 is 9.72 Å². The number of carbonyl (C=O) groups excluding carboxylic acids is 1. The van der Waals surface area contributed by atoms with Crippen LogP contribution in [0.15, 0.2) is 12.1 Å². The molecule has 104 valence electrons. The lowest BCUT2D eigenvalue weighted by atomic mass is 10.3. The molecule has 7 heteroatoms. The van der Waals surface area contributed by atoms with E-state index in [4.69, 9.17) is 0 Å². The summed E-state index contributed by atoms with van der Waals surface area (Å²) in [5.41, 5.74) is 0.307. The van der Waals surface area contributed by atoms with Crippen LogP contribution in [0.3, 0.4) is 0 Å². The van der Waals surface area contributed by atoms with E-state index < -0.39 is 4.92 Å². The first kappa shape index (κ1) is 13.5. The number of nitro groups is 1. The molecule has 1 aliphatic rings. The van der Waals surface area contributed by atoms with Crippen LogP contribution >= 0.6 is 0 Å². The number of carbonyl (C=O) groups is 1. The van der Waals surface area contributed by atoms with Gasteiger partial charge in [0.2, 0.25) is 0 Å². The third-order valence-corrected chi connectivity index (χ3v) is 3.16. The predicted octanol–water partition coefficient (Wildman–Crippen LogP) is 0.805. The van der Waals surface area contributed by atoms with Crippen molar-refractivity contribution in [2.24, 2.45) is 7.05 Å². The lowest BCUT2D eigenvalue weighted by molar-refractivity contribution is -0.391. The van der Waals surface area contributed by atoms with Gasteiger partial charge >= 0.3 is 5.82 Å². The molecule has 0 radical (unpaired) electrons. The Kier molecular flexibility index (Phi) is 4.16. The van der Waals surface area contributed by atoms with Crippen molar-refractivity contribution in [1.29, 1.82) is 0 Å². The highest BCUT2D eigenvalue weighted by Gasteiger charge is 2.21. The number of nitrogens with one attached hydrogen (secondary N) is 2. The molecule has 1 aromatic heterocycles. The SMILES string of the molecule is Cn1c(C(=O)NCCCNC2CC2)ccc1[N+](=O)[O-]. The summed E-state index contributed by atoms with van der Waals surface area (Å²) in [7, 11) is 1.52. The molecule has 1 amide bonds. The zero-order chi connectivity index (χ0) is 13.8. The number of hydrogen-bond acceptors (Lipinski definition) is 4. The maximum atomic E-state index is 11.8. The summed E-state index contributed by atoms with van der Waals surface area (Å²) in [5.74, 6) is -0.359. The van der Waals surface area contributed by atoms with Gasteiger partial charge in [-0.05, 0) is 36.8 Å². The zero-order valence-electron chi connectivity index (χ0n) is 10.9. The maximum Gasteiger partial charge on any atom is 0.323 e. The van der Waals surface area contributed by atoms with Crippen molar-refractivity contribution in [2.75, 3.05) is 13.1 Å². The smallest absolute Gasteiger partial charge is 0.323 e. The molecule has 1 fully saturated rings. The Morgan fingerprint density at radius 2 is 2.21 bits per heavy atom. The van der Waals surface area contributed by atoms with Crippen LogP contribution in [0.2, 0.25) is 0 Å². The maximum absolute atomic E-state index is 11.8. The molecule has 0 unspecified atom stereocenters. The number of aromatic nitrogens is 1. The molecule has 2 rings (SSSR count). The molecular weight excluding hydrogens is 248 g/mol. The molecule has 1 saturated carbocycles. The number of rotatable bonds is 7. The lowest BCUT2D eigenvalue weighted by Crippen LogP contribution is -2.29. The minimum absolute atomic E-state index is 0.0828. The number of nitrogens with zero attached hydrogens (tertiary/aromatic N) is 2. The van der Waals surface area contributed by atoms with E-state index in [9.17, 15) is 14.9 Å². The standard InChI is InChI=1S/C12H18N4O3/c1-15-10(5-6-11(15)16(18)19)12(17)14-8-2-7-13-9-3-4-9/h5-6,9,13H,2-4,7-8H2,1H3,(H,14,17). The van der Waals surface area contributed by atoms with Gasteiger partial charge < -0.3 is 20.7 Å². The van der Waals surface area contributed by atoms with E-state index in [2.05, 4.69) is 10.6 Å². The minimum atomic E-state index is -0.504. The minimum Gasteiger partial charge on any atom is -0.358 e. The summed E-state index contributed by atoms with van der Waals surface area (Å²) in [5, 5.41) is 16.8. The molecule has 1 aromatic rings. The van der Waals surface area contributed by atoms with Gasteiger partial charge in [0.25, 0.3) is 5.91 Å². The predicted molar refractivity (Wildman–Crippen MR) is 70.0 cm³/mol. The van der Waals surface area contributed by atoms with Gasteiger partial charge in [0, 0.05) is 18.7 Å². The highest BCUT2D eigenvalue weighted by atomic mass is 16.6. The van der Waals surface area contributed by atoms with Gasteiger partial charge in [0.1, 0.15) is 0 Å². The van der Waals surface area contributed by atoms with E-state index in [1.165, 1.54) is 36.6 Å². The molecule has 7 nitrogen and oxygen atoms in total. The van der Waals surface area contributed by atoms with Gasteiger partial charge in [-0.1, -0.05) is 0 Å². The fourth-order valence-electron chi connectivity index (χ4n) is 1.89. The van der Waals surface area contributed by atoms with E-state index >= 15 is 0 Å². The molecular formula is C12H18N4O3. The second-order valence-corrected chi connectivity index (χ2v) is 4.73. The average Bonchev–Trinajstić information content (AvgIpc) is 3.09. The Hall–Kier alpha value is -1.89. The van der Waals surface area contributed by atoms with Crippen LogP contribution in [-0.4, -0.2) is 34.5 Å². The lowest BCUT2D eigenvalue weighted by Gasteiger charge is -2.05. The van der Waals surface area contributed by atoms with Gasteiger partial charge in [-0.25, -0.2) is 4.57 Å². The van der Waals surface area contributed by atoms with Crippen LogP contribution < -0.4 is 10.6 Å². The number of hydrogen-bond donors (Lipinski definition) is 2. The fourth-order valence-corrected chi connectivity index (χ4v) is 1.89. The Morgan fingerprint density at radius 3 is 2.79 bits per heavy atom. The molecule has 0 aromatic carbocycles. The van der Waals surface area contributed by atoms with Crippen LogP contribution in [0, 0.1) is 10.1 Å². The third kappa shape index (κ3) is 3.54. The largest absolute Gasteiger partial charge is 0.358 e. The van der Waals surface area contributed by atoms with E-state index in [1.807, 2.05) is 0 Å². The summed E-state index contributed by atoms with van der Waals surface area (Å²) < 4.78 is 1.29. The van der Waals surface area contributed by atoms with E-state index in [-0.39, 0.29) is 11.7 Å². The molecule has 0 saturated heterocycles. The van der Waals surface area contributed by atoms with Gasteiger partial charge in [0.05, 0.1) is 7.05 Å². The van der Waals surface area contributed by atoms with E-state index in [1.54, 1.807) is 0 Å². The van der Waals surface area contributed by atoms with Crippen molar-refractivity contribution in [2.45, 2.75) is 25.3 Å². The molecule has 0 spiro atoms.